The summed E-state index contributed by atoms with van der Waals surface area (Å²) in [6.45, 7) is 7.15. The minimum Gasteiger partial charge on any atom is -1.00 e. The largest absolute Gasteiger partial charge is 1.00 e. The van der Waals surface area contributed by atoms with Gasteiger partial charge in [-0.3, -0.25) is 27.9 Å². The summed E-state index contributed by atoms with van der Waals surface area (Å²) in [6, 6.07) is 14.5. The van der Waals surface area contributed by atoms with Crippen LogP contribution in [0.25, 0.3) is 22.3 Å². The molecule has 1 N–H and O–H groups in total. The molecule has 3 radical (unpaired) electrons. The molecule has 0 fully saturated rings. The Balaban J connectivity index is 0.000000401. The van der Waals surface area contributed by atoms with Crippen LogP contribution in [0.2, 0.25) is 0 Å². The number of aromatic nitrogens is 8. The van der Waals surface area contributed by atoms with Crippen molar-refractivity contribution in [2.45, 2.75) is 59.2 Å². The molecular weight excluding hydrogens is 766 g/mol. The number of ether oxygens (including phenoxy) is 3. The van der Waals surface area contributed by atoms with Gasteiger partial charge in [0.05, 0.1) is 32.5 Å². The van der Waals surface area contributed by atoms with E-state index in [2.05, 4.69) is 9.97 Å². The monoisotopic (exact) mass is 819 g/mol. The summed E-state index contributed by atoms with van der Waals surface area (Å²) in [5.74, 6) is 0.958. The molecule has 0 aliphatic rings. The maximum absolute atomic E-state index is 12.9. The standard InChI is InChI=1S/C21H26N4O5.C20H26N4O4.B.Li.H/c1-5-11-30-12-10-16-22-18-17(19(26)24(3)21(28)23(18)2)25(16)13-14-6-8-15(9-7-14)20(27)29-4;1-4-10-28-11-9-16-21-18-17(19(26)23(3)20(27)22(18)2)24(16)12-14-5-7-15(13-25)8-6-14;;;/h6-9H,5,10-13H2,1-4H3;5-8,25H,4,9-13H2,1-3H3;;;/q;;;+1;-1. The first-order valence-electron chi connectivity index (χ1n) is 19.2. The molecule has 19 heteroatoms. The minimum absolute atomic E-state index is 0. The Morgan fingerprint density at radius 2 is 1.02 bits per heavy atom. The van der Waals surface area contributed by atoms with Gasteiger partial charge in [0.2, 0.25) is 0 Å². The summed E-state index contributed by atoms with van der Waals surface area (Å²) in [6.07, 6.45) is 2.90. The predicted molar refractivity (Wildman–Crippen MR) is 225 cm³/mol. The summed E-state index contributed by atoms with van der Waals surface area (Å²) < 4.78 is 24.6. The van der Waals surface area contributed by atoms with Gasteiger partial charge in [-0.25, -0.2) is 24.4 Å². The van der Waals surface area contributed by atoms with Crippen LogP contribution in [0.1, 0.15) is 66.8 Å². The van der Waals surface area contributed by atoms with E-state index in [1.54, 1.807) is 26.2 Å². The number of carbonyl (C=O) groups is 1. The van der Waals surface area contributed by atoms with Crippen LogP contribution in [0.4, 0.5) is 0 Å². The van der Waals surface area contributed by atoms with E-state index in [0.29, 0.717) is 91.9 Å². The third kappa shape index (κ3) is 10.7. The number of methoxy groups -OCH3 is 1. The quantitative estimate of drug-likeness (QED) is 0.0711. The van der Waals surface area contributed by atoms with Crippen LogP contribution in [-0.4, -0.2) is 90.4 Å². The second-order valence-corrected chi connectivity index (χ2v) is 13.9. The van der Waals surface area contributed by atoms with E-state index in [-0.39, 0.29) is 40.9 Å². The van der Waals surface area contributed by atoms with Gasteiger partial charge in [-0.15, -0.1) is 0 Å². The van der Waals surface area contributed by atoms with Crippen molar-refractivity contribution in [3.63, 3.8) is 0 Å². The van der Waals surface area contributed by atoms with Crippen molar-refractivity contribution in [1.29, 1.82) is 0 Å². The first-order chi connectivity index (χ1) is 27.9. The fraction of sp³-hybridized carbons (Fsp3) is 0.439. The number of aryl methyl sites for hydroxylation is 2. The van der Waals surface area contributed by atoms with Gasteiger partial charge in [0, 0.05) is 75.7 Å². The molecular formula is C41H53BLiN8O9. The molecule has 0 atom stereocenters. The summed E-state index contributed by atoms with van der Waals surface area (Å²) in [4.78, 5) is 71.2. The second kappa shape index (κ2) is 22.4. The summed E-state index contributed by atoms with van der Waals surface area (Å²) in [5.41, 5.74) is 3.04. The Labute approximate surface area is 362 Å². The van der Waals surface area contributed by atoms with Crippen LogP contribution in [0.5, 0.6) is 0 Å². The van der Waals surface area contributed by atoms with Crippen molar-refractivity contribution < 1.29 is 44.4 Å². The van der Waals surface area contributed by atoms with Crippen molar-refractivity contribution in [3.8, 4) is 0 Å². The Hall–Kier alpha value is -5.25. The molecule has 0 saturated carbocycles. The van der Waals surface area contributed by atoms with Crippen LogP contribution in [-0.2, 0) is 74.9 Å². The summed E-state index contributed by atoms with van der Waals surface area (Å²) >= 11 is 0. The average molecular weight is 820 g/mol. The number of hydrogen-bond donors (Lipinski definition) is 1. The zero-order chi connectivity index (χ0) is 42.1. The van der Waals surface area contributed by atoms with Crippen LogP contribution in [0.3, 0.4) is 0 Å². The average Bonchev–Trinajstić information content (AvgIpc) is 3.79. The molecule has 4 aromatic heterocycles. The molecule has 4 heterocycles. The number of nitrogens with zero attached hydrogens (tertiary/aromatic N) is 8. The Morgan fingerprint density at radius 1 is 0.633 bits per heavy atom. The molecule has 0 saturated heterocycles. The third-order valence-electron chi connectivity index (χ3n) is 9.75. The Bertz CT molecular complexity index is 2630. The number of aliphatic hydroxyl groups is 1. The molecule has 2 aromatic carbocycles. The van der Waals surface area contributed by atoms with Gasteiger partial charge in [-0.05, 0) is 41.7 Å². The van der Waals surface area contributed by atoms with Crippen LogP contribution >= 0.6 is 0 Å². The van der Waals surface area contributed by atoms with Crippen molar-refractivity contribution in [2.24, 2.45) is 28.2 Å². The fourth-order valence-electron chi connectivity index (χ4n) is 6.50. The summed E-state index contributed by atoms with van der Waals surface area (Å²) in [5, 5.41) is 9.23. The number of imidazole rings is 2. The zero-order valence-electron chi connectivity index (χ0n) is 36.8. The number of esters is 1. The minimum atomic E-state index is -0.423. The van der Waals surface area contributed by atoms with Gasteiger partial charge in [0.1, 0.15) is 11.6 Å². The van der Waals surface area contributed by atoms with Gasteiger partial charge in [-0.2, -0.15) is 0 Å². The number of benzene rings is 2. The molecule has 0 aliphatic carbocycles. The first-order valence-corrected chi connectivity index (χ1v) is 19.2. The molecule has 6 aromatic rings. The predicted octanol–water partition coefficient (Wildman–Crippen LogP) is -1.08. The van der Waals surface area contributed by atoms with E-state index in [9.17, 15) is 29.1 Å². The molecule has 60 heavy (non-hydrogen) atoms. The zero-order valence-corrected chi connectivity index (χ0v) is 35.8. The van der Waals surface area contributed by atoms with E-state index in [0.717, 1.165) is 38.7 Å². The summed E-state index contributed by atoms with van der Waals surface area (Å²) in [7, 11) is 7.48. The van der Waals surface area contributed by atoms with Gasteiger partial charge < -0.3 is 29.9 Å². The van der Waals surface area contributed by atoms with E-state index in [1.807, 2.05) is 59.4 Å². The van der Waals surface area contributed by atoms with Gasteiger partial charge in [-0.1, -0.05) is 50.2 Å². The number of fused-ring (bicyclic) bond motifs is 2. The van der Waals surface area contributed by atoms with Crippen LogP contribution in [0.15, 0.2) is 67.7 Å². The fourth-order valence-corrected chi connectivity index (χ4v) is 6.50. The Morgan fingerprint density at radius 3 is 1.38 bits per heavy atom. The molecule has 0 spiro atoms. The van der Waals surface area contributed by atoms with Crippen molar-refractivity contribution in [2.75, 3.05) is 33.5 Å². The SMILES string of the molecule is CCCOCCc1nc2c(c(=O)n(C)c(=O)n2C)n1Cc1ccc(C(=O)OC)cc1.CCCOCCc1nc2c(c(=O)n(C)c(=O)n2C)n1Cc1ccc(CO)cc1.[B].[H-].[Li+]. The maximum Gasteiger partial charge on any atom is 1.00 e. The first kappa shape index (κ1) is 49.1. The number of hydrogen-bond acceptors (Lipinski definition) is 11. The van der Waals surface area contributed by atoms with Gasteiger partial charge in [0.25, 0.3) is 11.1 Å². The molecule has 0 unspecified atom stereocenters. The van der Waals surface area contributed by atoms with Gasteiger partial charge >= 0.3 is 36.2 Å². The van der Waals surface area contributed by atoms with Gasteiger partial charge in [0.15, 0.2) is 22.3 Å². The third-order valence-corrected chi connectivity index (χ3v) is 9.75. The molecule has 0 aliphatic heterocycles. The van der Waals surface area contributed by atoms with Crippen molar-refractivity contribution >= 4 is 36.7 Å². The molecule has 17 nitrogen and oxygen atoms in total. The molecule has 0 bridgehead atoms. The van der Waals surface area contributed by atoms with E-state index < -0.39 is 22.9 Å². The van der Waals surface area contributed by atoms with E-state index in [4.69, 9.17) is 14.2 Å². The van der Waals surface area contributed by atoms with Crippen molar-refractivity contribution in [3.05, 3.63) is 124 Å². The molecule has 0 amide bonds. The molecule has 6 rings (SSSR count). The normalized spacial score (nSPS) is 10.9. The number of rotatable bonds is 16. The smallest absolute Gasteiger partial charge is 1.00 e. The number of aliphatic hydroxyl groups excluding tert-OH is 1. The maximum atomic E-state index is 12.9. The van der Waals surface area contributed by atoms with Crippen molar-refractivity contribution in [1.82, 2.24) is 37.4 Å². The Kier molecular flexibility index (Phi) is 18.3. The topological polar surface area (TPSA) is 189 Å². The van der Waals surface area contributed by atoms with E-state index in [1.165, 1.54) is 30.3 Å². The van der Waals surface area contributed by atoms with E-state index >= 15 is 0 Å². The number of carbonyl (C=O) groups excluding carboxylic acids is 1. The molecule has 315 valence electrons. The van der Waals surface area contributed by atoms with Crippen LogP contribution in [0, 0.1) is 0 Å². The van der Waals surface area contributed by atoms with Crippen LogP contribution < -0.4 is 41.4 Å². The second-order valence-electron chi connectivity index (χ2n) is 13.9.